The van der Waals surface area contributed by atoms with Crippen molar-refractivity contribution in [2.45, 2.75) is 51.2 Å². The fraction of sp³-hybridized carbons (Fsp3) is 1.00. The molecule has 1 rings (SSSR count). The number of nitrogens with one attached hydrogen (secondary N) is 1. The van der Waals surface area contributed by atoms with E-state index in [4.69, 9.17) is 4.74 Å². The van der Waals surface area contributed by atoms with Gasteiger partial charge >= 0.3 is 0 Å². The molecular formula is C11H23NO2. The van der Waals surface area contributed by atoms with E-state index in [1.54, 1.807) is 0 Å². The van der Waals surface area contributed by atoms with Crippen LogP contribution in [0.3, 0.4) is 0 Å². The van der Waals surface area contributed by atoms with Gasteiger partial charge in [0.1, 0.15) is 0 Å². The average molecular weight is 201 g/mol. The van der Waals surface area contributed by atoms with Gasteiger partial charge in [0.25, 0.3) is 0 Å². The maximum Gasteiger partial charge on any atom is 0.0975 e. The lowest BCUT2D eigenvalue weighted by Gasteiger charge is -2.23. The molecule has 0 amide bonds. The van der Waals surface area contributed by atoms with Gasteiger partial charge in [0.05, 0.1) is 12.2 Å². The number of rotatable bonds is 8. The maximum atomic E-state index is 9.90. The Morgan fingerprint density at radius 2 is 2.21 bits per heavy atom. The highest BCUT2D eigenvalue weighted by molar-refractivity contribution is 4.85. The van der Waals surface area contributed by atoms with Gasteiger partial charge in [-0.1, -0.05) is 13.3 Å². The van der Waals surface area contributed by atoms with Crippen LogP contribution in [0.5, 0.6) is 0 Å². The van der Waals surface area contributed by atoms with Gasteiger partial charge in [-0.2, -0.15) is 0 Å². The minimum absolute atomic E-state index is 0.437. The number of ether oxygens (including phenoxy) is 1. The molecule has 0 radical (unpaired) electrons. The Labute approximate surface area is 86.8 Å². The van der Waals surface area contributed by atoms with Gasteiger partial charge in [-0.05, 0) is 26.2 Å². The third-order valence-corrected chi connectivity index (χ3v) is 2.40. The molecular weight excluding hydrogens is 178 g/mol. The highest BCUT2D eigenvalue weighted by Gasteiger charge is 2.26. The van der Waals surface area contributed by atoms with Crippen molar-refractivity contribution in [2.75, 3.05) is 19.8 Å². The molecule has 0 bridgehead atoms. The van der Waals surface area contributed by atoms with Crippen molar-refractivity contribution in [2.24, 2.45) is 0 Å². The van der Waals surface area contributed by atoms with Gasteiger partial charge in [0, 0.05) is 19.2 Å². The molecule has 0 heterocycles. The summed E-state index contributed by atoms with van der Waals surface area (Å²) in [6.07, 6.45) is 4.73. The standard InChI is InChI=1S/C11H23NO2/c1-3-4-7-14-9-11(2,13)8-12-10-5-6-10/h10,12-13H,3-9H2,1-2H3. The molecule has 0 aromatic rings. The molecule has 3 nitrogen and oxygen atoms in total. The Bertz CT molecular complexity index is 155. The van der Waals surface area contributed by atoms with Crippen molar-refractivity contribution in [3.05, 3.63) is 0 Å². The third kappa shape index (κ3) is 5.58. The summed E-state index contributed by atoms with van der Waals surface area (Å²) in [5.41, 5.74) is -0.712. The first-order valence-corrected chi connectivity index (χ1v) is 5.67. The van der Waals surface area contributed by atoms with Crippen LogP contribution in [0.25, 0.3) is 0 Å². The molecule has 3 heteroatoms. The summed E-state index contributed by atoms with van der Waals surface area (Å²) in [6.45, 7) is 5.80. The summed E-state index contributed by atoms with van der Waals surface area (Å²) < 4.78 is 5.40. The molecule has 0 aromatic heterocycles. The largest absolute Gasteiger partial charge is 0.386 e. The molecule has 84 valence electrons. The average Bonchev–Trinajstić information content (AvgIpc) is 2.93. The van der Waals surface area contributed by atoms with Gasteiger partial charge in [0.15, 0.2) is 0 Å². The smallest absolute Gasteiger partial charge is 0.0975 e. The van der Waals surface area contributed by atoms with Crippen LogP contribution in [0.4, 0.5) is 0 Å². The number of aliphatic hydroxyl groups is 1. The van der Waals surface area contributed by atoms with Crippen LogP contribution in [-0.2, 0) is 4.74 Å². The summed E-state index contributed by atoms with van der Waals surface area (Å²) in [5, 5.41) is 13.2. The Morgan fingerprint density at radius 1 is 1.50 bits per heavy atom. The summed E-state index contributed by atoms with van der Waals surface area (Å²) in [5.74, 6) is 0. The van der Waals surface area contributed by atoms with Crippen molar-refractivity contribution in [3.8, 4) is 0 Å². The molecule has 0 aliphatic heterocycles. The first-order chi connectivity index (χ1) is 6.64. The third-order valence-electron chi connectivity index (χ3n) is 2.40. The Morgan fingerprint density at radius 3 is 2.79 bits per heavy atom. The van der Waals surface area contributed by atoms with Crippen LogP contribution in [-0.4, -0.2) is 36.5 Å². The minimum atomic E-state index is -0.712. The molecule has 1 unspecified atom stereocenters. The van der Waals surface area contributed by atoms with Crippen LogP contribution < -0.4 is 5.32 Å². The molecule has 14 heavy (non-hydrogen) atoms. The van der Waals surface area contributed by atoms with E-state index >= 15 is 0 Å². The zero-order chi connectivity index (χ0) is 10.4. The van der Waals surface area contributed by atoms with Crippen LogP contribution in [0.15, 0.2) is 0 Å². The SMILES string of the molecule is CCCCOCC(C)(O)CNC1CC1. The fourth-order valence-corrected chi connectivity index (χ4v) is 1.24. The van der Waals surface area contributed by atoms with E-state index in [0.717, 1.165) is 19.4 Å². The lowest BCUT2D eigenvalue weighted by atomic mass is 10.1. The second-order valence-corrected chi connectivity index (χ2v) is 4.56. The quantitative estimate of drug-likeness (QED) is 0.582. The Kier molecular flexibility index (Phi) is 4.85. The van der Waals surface area contributed by atoms with Gasteiger partial charge in [-0.3, -0.25) is 0 Å². The number of unbranched alkanes of at least 4 members (excludes halogenated alkanes) is 1. The predicted octanol–water partition coefficient (Wildman–Crippen LogP) is 1.31. The first kappa shape index (κ1) is 12.0. The highest BCUT2D eigenvalue weighted by Crippen LogP contribution is 2.19. The molecule has 1 aliphatic rings. The van der Waals surface area contributed by atoms with Crippen molar-refractivity contribution in [1.29, 1.82) is 0 Å². The van der Waals surface area contributed by atoms with Crippen LogP contribution in [0, 0.1) is 0 Å². The maximum absolute atomic E-state index is 9.90. The molecule has 0 spiro atoms. The van der Waals surface area contributed by atoms with Gasteiger partial charge in [-0.25, -0.2) is 0 Å². The Hall–Kier alpha value is -0.120. The molecule has 1 atom stereocenters. The van der Waals surface area contributed by atoms with E-state index in [1.807, 2.05) is 6.92 Å². The van der Waals surface area contributed by atoms with E-state index < -0.39 is 5.60 Å². The topological polar surface area (TPSA) is 41.5 Å². The van der Waals surface area contributed by atoms with Crippen LogP contribution >= 0.6 is 0 Å². The zero-order valence-corrected chi connectivity index (χ0v) is 9.38. The summed E-state index contributed by atoms with van der Waals surface area (Å²) in [6, 6.07) is 0.650. The Balaban J connectivity index is 1.99. The summed E-state index contributed by atoms with van der Waals surface area (Å²) >= 11 is 0. The van der Waals surface area contributed by atoms with Crippen molar-refractivity contribution in [1.82, 2.24) is 5.32 Å². The zero-order valence-electron chi connectivity index (χ0n) is 9.38. The number of hydrogen-bond donors (Lipinski definition) is 2. The summed E-state index contributed by atoms with van der Waals surface area (Å²) in [4.78, 5) is 0. The van der Waals surface area contributed by atoms with E-state index in [1.165, 1.54) is 12.8 Å². The van der Waals surface area contributed by atoms with E-state index in [9.17, 15) is 5.11 Å². The normalized spacial score (nSPS) is 20.8. The molecule has 0 aromatic carbocycles. The lowest BCUT2D eigenvalue weighted by Crippen LogP contribution is -2.42. The fourth-order valence-electron chi connectivity index (χ4n) is 1.24. The second kappa shape index (κ2) is 5.69. The van der Waals surface area contributed by atoms with Crippen LogP contribution in [0.1, 0.15) is 39.5 Å². The molecule has 1 saturated carbocycles. The highest BCUT2D eigenvalue weighted by atomic mass is 16.5. The molecule has 2 N–H and O–H groups in total. The van der Waals surface area contributed by atoms with Crippen molar-refractivity contribution in [3.63, 3.8) is 0 Å². The van der Waals surface area contributed by atoms with Crippen molar-refractivity contribution >= 4 is 0 Å². The first-order valence-electron chi connectivity index (χ1n) is 5.67. The van der Waals surface area contributed by atoms with Gasteiger partial charge in [0.2, 0.25) is 0 Å². The minimum Gasteiger partial charge on any atom is -0.386 e. The summed E-state index contributed by atoms with van der Waals surface area (Å²) in [7, 11) is 0. The molecule has 1 fully saturated rings. The lowest BCUT2D eigenvalue weighted by molar-refractivity contribution is -0.0330. The van der Waals surface area contributed by atoms with Crippen LogP contribution in [0.2, 0.25) is 0 Å². The molecule has 0 saturated heterocycles. The number of hydrogen-bond acceptors (Lipinski definition) is 3. The second-order valence-electron chi connectivity index (χ2n) is 4.56. The van der Waals surface area contributed by atoms with E-state index in [2.05, 4.69) is 12.2 Å². The molecule has 1 aliphatic carbocycles. The monoisotopic (exact) mass is 201 g/mol. The van der Waals surface area contributed by atoms with Gasteiger partial charge in [-0.15, -0.1) is 0 Å². The van der Waals surface area contributed by atoms with E-state index in [-0.39, 0.29) is 0 Å². The van der Waals surface area contributed by atoms with Crippen molar-refractivity contribution < 1.29 is 9.84 Å². The predicted molar refractivity (Wildman–Crippen MR) is 57.4 cm³/mol. The van der Waals surface area contributed by atoms with E-state index in [0.29, 0.717) is 19.2 Å². The van der Waals surface area contributed by atoms with Gasteiger partial charge < -0.3 is 15.2 Å².